The maximum Gasteiger partial charge on any atom is 0.133 e. The second kappa shape index (κ2) is 6.64. The number of Topliss-reactive ketones (excluding diaryl/α,β-unsaturated/α-hetero) is 1. The first-order chi connectivity index (χ1) is 13.2. The first-order valence-corrected chi connectivity index (χ1v) is 10.3. The molecule has 2 aliphatic carbocycles. The molecule has 27 heavy (non-hydrogen) atoms. The number of ketones is 1. The molecule has 136 valence electrons. The summed E-state index contributed by atoms with van der Waals surface area (Å²) in [6, 6.07) is 22.4. The van der Waals surface area contributed by atoms with E-state index in [2.05, 4.69) is 60.7 Å². The summed E-state index contributed by atoms with van der Waals surface area (Å²) in [7, 11) is 0. The van der Waals surface area contributed by atoms with Gasteiger partial charge in [0, 0.05) is 5.92 Å². The predicted octanol–water partition coefficient (Wildman–Crippen LogP) is 6.19. The summed E-state index contributed by atoms with van der Waals surface area (Å²) in [6.45, 7) is 1.78. The van der Waals surface area contributed by atoms with Crippen molar-refractivity contribution in [3.63, 3.8) is 0 Å². The molecule has 2 unspecified atom stereocenters. The Labute approximate surface area is 161 Å². The molecule has 3 aromatic carbocycles. The Bertz CT molecular complexity index is 1020. The first kappa shape index (κ1) is 16.7. The fraction of sp³-hybridized carbons (Fsp3) is 0.346. The van der Waals surface area contributed by atoms with Gasteiger partial charge in [0.2, 0.25) is 0 Å². The van der Waals surface area contributed by atoms with Crippen molar-refractivity contribution in [2.45, 2.75) is 50.9 Å². The molecule has 0 aliphatic heterocycles. The number of carbonyl (C=O) groups is 1. The molecule has 5 rings (SSSR count). The number of fused-ring (bicyclic) bond motifs is 2. The van der Waals surface area contributed by atoms with Crippen molar-refractivity contribution in [3.05, 3.63) is 82.9 Å². The molecular weight excluding hydrogens is 328 g/mol. The third kappa shape index (κ3) is 3.00. The van der Waals surface area contributed by atoms with Gasteiger partial charge in [-0.3, -0.25) is 4.79 Å². The monoisotopic (exact) mass is 354 g/mol. The van der Waals surface area contributed by atoms with E-state index in [-0.39, 0.29) is 5.92 Å². The van der Waals surface area contributed by atoms with Crippen molar-refractivity contribution >= 4 is 16.6 Å². The van der Waals surface area contributed by atoms with Gasteiger partial charge in [-0.05, 0) is 83.9 Å². The van der Waals surface area contributed by atoms with Crippen LogP contribution in [0, 0.1) is 5.92 Å². The lowest BCUT2D eigenvalue weighted by Crippen LogP contribution is -2.14. The lowest BCUT2D eigenvalue weighted by molar-refractivity contribution is -0.121. The van der Waals surface area contributed by atoms with E-state index in [0.717, 1.165) is 12.8 Å². The van der Waals surface area contributed by atoms with E-state index in [9.17, 15) is 4.79 Å². The Balaban J connectivity index is 1.48. The molecule has 0 bridgehead atoms. The highest BCUT2D eigenvalue weighted by Crippen LogP contribution is 2.48. The number of carbonyl (C=O) groups excluding carboxylic acids is 1. The van der Waals surface area contributed by atoms with E-state index < -0.39 is 0 Å². The fourth-order valence-electron chi connectivity index (χ4n) is 5.41. The van der Waals surface area contributed by atoms with Crippen LogP contribution in [0.4, 0.5) is 0 Å². The minimum Gasteiger partial charge on any atom is -0.300 e. The van der Waals surface area contributed by atoms with Crippen LogP contribution in [0.5, 0.6) is 0 Å². The summed E-state index contributed by atoms with van der Waals surface area (Å²) < 4.78 is 0. The Morgan fingerprint density at radius 1 is 0.815 bits per heavy atom. The van der Waals surface area contributed by atoms with Gasteiger partial charge in [-0.25, -0.2) is 0 Å². The Hall–Kier alpha value is -2.41. The average molecular weight is 354 g/mol. The molecule has 0 heterocycles. The smallest absolute Gasteiger partial charge is 0.133 e. The molecule has 3 aromatic rings. The van der Waals surface area contributed by atoms with Crippen molar-refractivity contribution in [2.75, 3.05) is 0 Å². The highest BCUT2D eigenvalue weighted by atomic mass is 16.1. The zero-order valence-electron chi connectivity index (χ0n) is 15.9. The van der Waals surface area contributed by atoms with Crippen LogP contribution in [0.3, 0.4) is 0 Å². The summed E-state index contributed by atoms with van der Waals surface area (Å²) in [6.07, 6.45) is 5.82. The zero-order valence-corrected chi connectivity index (χ0v) is 15.9. The van der Waals surface area contributed by atoms with Gasteiger partial charge in [0.25, 0.3) is 0 Å². The SMILES string of the molecule is CC(=O)C1CC(c2ccc3c(c2)CCC3)C[C@H]1c1ccc2ccccc2c1. The van der Waals surface area contributed by atoms with E-state index in [1.165, 1.54) is 46.7 Å². The molecule has 0 radical (unpaired) electrons. The Kier molecular flexibility index (Phi) is 4.11. The molecule has 0 aromatic heterocycles. The predicted molar refractivity (Wildman–Crippen MR) is 111 cm³/mol. The highest BCUT2D eigenvalue weighted by Gasteiger charge is 2.38. The highest BCUT2D eigenvalue weighted by molar-refractivity contribution is 5.84. The quantitative estimate of drug-likeness (QED) is 0.548. The van der Waals surface area contributed by atoms with Gasteiger partial charge < -0.3 is 0 Å². The molecule has 3 atom stereocenters. The zero-order chi connectivity index (χ0) is 18.4. The number of aryl methyl sites for hydroxylation is 2. The molecular formula is C26H26O. The largest absolute Gasteiger partial charge is 0.300 e. The fourth-order valence-corrected chi connectivity index (χ4v) is 5.41. The van der Waals surface area contributed by atoms with Crippen molar-refractivity contribution in [1.82, 2.24) is 0 Å². The van der Waals surface area contributed by atoms with Crippen molar-refractivity contribution in [3.8, 4) is 0 Å². The van der Waals surface area contributed by atoms with Crippen LogP contribution >= 0.6 is 0 Å². The minimum atomic E-state index is 0.143. The van der Waals surface area contributed by atoms with Crippen molar-refractivity contribution in [2.24, 2.45) is 5.92 Å². The van der Waals surface area contributed by atoms with Crippen LogP contribution in [-0.4, -0.2) is 5.78 Å². The van der Waals surface area contributed by atoms with Gasteiger partial charge in [0.1, 0.15) is 5.78 Å². The van der Waals surface area contributed by atoms with Crippen molar-refractivity contribution in [1.29, 1.82) is 0 Å². The summed E-state index contributed by atoms with van der Waals surface area (Å²) >= 11 is 0. The molecule has 0 amide bonds. The number of hydrogen-bond acceptors (Lipinski definition) is 1. The Morgan fingerprint density at radius 2 is 1.59 bits per heavy atom. The summed E-state index contributed by atoms with van der Waals surface area (Å²) in [5.74, 6) is 1.33. The molecule has 0 saturated heterocycles. The van der Waals surface area contributed by atoms with Gasteiger partial charge in [0.15, 0.2) is 0 Å². The summed E-state index contributed by atoms with van der Waals surface area (Å²) in [5, 5.41) is 2.55. The number of rotatable bonds is 3. The molecule has 1 heteroatoms. The standard InChI is InChI=1S/C26H26O/c1-17(27)25-15-24(22-11-9-19-7-4-8-21(19)13-22)16-26(25)23-12-10-18-5-2-3-6-20(18)14-23/h2-3,5-6,9-14,24-26H,4,7-8,15-16H2,1H3/t24?,25?,26-/m0/s1. The second-order valence-corrected chi connectivity index (χ2v) is 8.48. The molecule has 1 fully saturated rings. The van der Waals surface area contributed by atoms with Crippen LogP contribution in [0.1, 0.15) is 60.3 Å². The maximum absolute atomic E-state index is 12.5. The van der Waals surface area contributed by atoms with Crippen LogP contribution in [-0.2, 0) is 17.6 Å². The molecule has 0 spiro atoms. The van der Waals surface area contributed by atoms with Crippen LogP contribution in [0.25, 0.3) is 10.8 Å². The van der Waals surface area contributed by atoms with Gasteiger partial charge in [-0.15, -0.1) is 0 Å². The summed E-state index contributed by atoms with van der Waals surface area (Å²) in [4.78, 5) is 12.5. The molecule has 1 nitrogen and oxygen atoms in total. The van der Waals surface area contributed by atoms with Crippen LogP contribution < -0.4 is 0 Å². The van der Waals surface area contributed by atoms with Gasteiger partial charge in [-0.2, -0.15) is 0 Å². The lowest BCUT2D eigenvalue weighted by Gasteiger charge is -2.18. The molecule has 2 aliphatic rings. The van der Waals surface area contributed by atoms with Gasteiger partial charge in [-0.1, -0.05) is 60.7 Å². The molecule has 1 saturated carbocycles. The first-order valence-electron chi connectivity index (χ1n) is 10.3. The van der Waals surface area contributed by atoms with E-state index in [4.69, 9.17) is 0 Å². The van der Waals surface area contributed by atoms with E-state index in [0.29, 0.717) is 17.6 Å². The van der Waals surface area contributed by atoms with E-state index in [1.54, 1.807) is 12.5 Å². The van der Waals surface area contributed by atoms with Crippen LogP contribution in [0.2, 0.25) is 0 Å². The number of hydrogen-bond donors (Lipinski definition) is 0. The average Bonchev–Trinajstić information content (AvgIpc) is 3.34. The van der Waals surface area contributed by atoms with E-state index >= 15 is 0 Å². The maximum atomic E-state index is 12.5. The van der Waals surface area contributed by atoms with Gasteiger partial charge >= 0.3 is 0 Å². The second-order valence-electron chi connectivity index (χ2n) is 8.48. The normalized spacial score (nSPS) is 24.3. The lowest BCUT2D eigenvalue weighted by atomic mass is 9.85. The third-order valence-electron chi connectivity index (χ3n) is 6.88. The topological polar surface area (TPSA) is 17.1 Å². The molecule has 0 N–H and O–H groups in total. The van der Waals surface area contributed by atoms with E-state index in [1.807, 2.05) is 0 Å². The third-order valence-corrected chi connectivity index (χ3v) is 6.88. The van der Waals surface area contributed by atoms with Crippen LogP contribution in [0.15, 0.2) is 60.7 Å². The number of benzene rings is 3. The van der Waals surface area contributed by atoms with Gasteiger partial charge in [0.05, 0.1) is 0 Å². The minimum absolute atomic E-state index is 0.143. The summed E-state index contributed by atoms with van der Waals surface area (Å²) in [5.41, 5.74) is 5.86. The Morgan fingerprint density at radius 3 is 2.44 bits per heavy atom. The van der Waals surface area contributed by atoms with Crippen molar-refractivity contribution < 1.29 is 4.79 Å².